The monoisotopic (exact) mass is 169 g/mol. The number of nitrogens with two attached hydrogens (primary N) is 1. The predicted octanol–water partition coefficient (Wildman–Crippen LogP) is -1.35. The molecule has 2 N–H and O–H groups in total. The molecular formula is C3H7NO3S2. The van der Waals surface area contributed by atoms with E-state index >= 15 is 0 Å². The minimum Gasteiger partial charge on any atom is -0.365 e. The highest BCUT2D eigenvalue weighted by Gasteiger charge is 2.11. The Morgan fingerprint density at radius 3 is 2.78 bits per heavy atom. The summed E-state index contributed by atoms with van der Waals surface area (Å²) in [7, 11) is 0. The van der Waals surface area contributed by atoms with Gasteiger partial charge in [-0.3, -0.25) is 0 Å². The summed E-state index contributed by atoms with van der Waals surface area (Å²) in [6, 6.07) is -0.783. The molecule has 0 bridgehead atoms. The first-order valence-corrected chi connectivity index (χ1v) is 3.48. The molecule has 0 radical (unpaired) electrons. The van der Waals surface area contributed by atoms with Crippen molar-refractivity contribution in [2.75, 3.05) is 5.75 Å². The lowest BCUT2D eigenvalue weighted by molar-refractivity contribution is -0.134. The van der Waals surface area contributed by atoms with E-state index < -0.39 is 24.0 Å². The fraction of sp³-hybridized carbons (Fsp3) is 0.667. The van der Waals surface area contributed by atoms with Crippen LogP contribution in [0.5, 0.6) is 0 Å². The Labute approximate surface area is 61.9 Å². The van der Waals surface area contributed by atoms with Gasteiger partial charge in [-0.15, -0.1) is 0 Å². The van der Waals surface area contributed by atoms with Crippen LogP contribution in [0.2, 0.25) is 0 Å². The van der Waals surface area contributed by atoms with Gasteiger partial charge in [-0.05, 0) is 0 Å². The smallest absolute Gasteiger partial charge is 0.337 e. The molecule has 0 unspecified atom stereocenters. The summed E-state index contributed by atoms with van der Waals surface area (Å²) in [5, 5.41) is 0. The molecule has 6 heteroatoms. The maximum atomic E-state index is 10.4. The maximum Gasteiger partial charge on any atom is 0.337 e. The van der Waals surface area contributed by atoms with Crippen molar-refractivity contribution in [2.24, 2.45) is 5.73 Å². The van der Waals surface area contributed by atoms with Crippen LogP contribution < -0.4 is 5.73 Å². The maximum absolute atomic E-state index is 10.4. The van der Waals surface area contributed by atoms with E-state index in [9.17, 15) is 9.00 Å². The highest BCUT2D eigenvalue weighted by Crippen LogP contribution is 1.86. The molecule has 0 aromatic carbocycles. The van der Waals surface area contributed by atoms with Gasteiger partial charge in [-0.1, -0.05) is 0 Å². The van der Waals surface area contributed by atoms with Gasteiger partial charge in [-0.25, -0.2) is 9.00 Å². The van der Waals surface area contributed by atoms with Crippen LogP contribution in [0, 0.1) is 0 Å². The van der Waals surface area contributed by atoms with Crippen molar-refractivity contribution in [3.8, 4) is 0 Å². The zero-order valence-electron chi connectivity index (χ0n) is 4.48. The Hall–Kier alpha value is -0.0700. The summed E-state index contributed by atoms with van der Waals surface area (Å²) < 4.78 is 13.6. The minimum absolute atomic E-state index is 0.189. The SMILES string of the molecule is N[C@@H](CS)C(=O)O[SH]=O. The lowest BCUT2D eigenvalue weighted by Gasteiger charge is -2.01. The second-order valence-corrected chi connectivity index (χ2v) is 1.97. The molecule has 9 heavy (non-hydrogen) atoms. The van der Waals surface area contributed by atoms with Gasteiger partial charge in [0.25, 0.3) is 0 Å². The molecular weight excluding hydrogens is 162 g/mol. The van der Waals surface area contributed by atoms with E-state index in [1.807, 2.05) is 0 Å². The zero-order chi connectivity index (χ0) is 7.28. The van der Waals surface area contributed by atoms with Crippen molar-refractivity contribution in [3.63, 3.8) is 0 Å². The Kier molecular flexibility index (Phi) is 4.74. The Morgan fingerprint density at radius 1 is 1.89 bits per heavy atom. The van der Waals surface area contributed by atoms with E-state index in [1.54, 1.807) is 0 Å². The first kappa shape index (κ1) is 8.93. The van der Waals surface area contributed by atoms with Crippen LogP contribution in [0.4, 0.5) is 0 Å². The van der Waals surface area contributed by atoms with E-state index in [4.69, 9.17) is 5.73 Å². The van der Waals surface area contributed by atoms with E-state index in [2.05, 4.69) is 16.8 Å². The topological polar surface area (TPSA) is 69.4 Å². The van der Waals surface area contributed by atoms with Gasteiger partial charge >= 0.3 is 5.97 Å². The third-order valence-electron chi connectivity index (χ3n) is 0.627. The fourth-order valence-electron chi connectivity index (χ4n) is 0.179. The van der Waals surface area contributed by atoms with Crippen molar-refractivity contribution in [1.82, 2.24) is 0 Å². The van der Waals surface area contributed by atoms with Crippen molar-refractivity contribution < 1.29 is 13.2 Å². The summed E-state index contributed by atoms with van der Waals surface area (Å²) in [4.78, 5) is 10.4. The quantitative estimate of drug-likeness (QED) is 0.457. The van der Waals surface area contributed by atoms with Gasteiger partial charge in [0, 0.05) is 5.75 Å². The number of rotatable bonds is 3. The van der Waals surface area contributed by atoms with E-state index in [0.29, 0.717) is 0 Å². The molecule has 1 atom stereocenters. The normalized spacial score (nSPS) is 12.7. The van der Waals surface area contributed by atoms with Crippen molar-refractivity contribution >= 4 is 30.5 Å². The van der Waals surface area contributed by atoms with Crippen molar-refractivity contribution in [3.05, 3.63) is 0 Å². The second kappa shape index (κ2) is 4.78. The predicted molar refractivity (Wildman–Crippen MR) is 37.5 cm³/mol. The Bertz CT molecular complexity index is 118. The average Bonchev–Trinajstić information content (AvgIpc) is 1.87. The molecule has 0 aliphatic carbocycles. The largest absolute Gasteiger partial charge is 0.365 e. The lowest BCUT2D eigenvalue weighted by Crippen LogP contribution is -2.33. The van der Waals surface area contributed by atoms with Crippen LogP contribution in [0.3, 0.4) is 0 Å². The van der Waals surface area contributed by atoms with Crippen LogP contribution in [0.1, 0.15) is 0 Å². The fourth-order valence-corrected chi connectivity index (χ4v) is 0.537. The molecule has 0 amide bonds. The van der Waals surface area contributed by atoms with Crippen LogP contribution in [0.25, 0.3) is 0 Å². The molecule has 0 aromatic rings. The first-order chi connectivity index (χ1) is 4.22. The van der Waals surface area contributed by atoms with Crippen LogP contribution in [-0.4, -0.2) is 22.0 Å². The molecule has 4 nitrogen and oxygen atoms in total. The number of thiol groups is 2. The van der Waals surface area contributed by atoms with Crippen LogP contribution in [0.15, 0.2) is 0 Å². The molecule has 0 aliphatic rings. The van der Waals surface area contributed by atoms with Crippen LogP contribution in [-0.2, 0) is 20.9 Å². The third-order valence-corrected chi connectivity index (χ3v) is 1.27. The number of hydrogen-bond donors (Lipinski definition) is 3. The van der Waals surface area contributed by atoms with Crippen LogP contribution >= 0.6 is 12.6 Å². The molecule has 54 valence electrons. The molecule has 0 saturated carbocycles. The zero-order valence-corrected chi connectivity index (χ0v) is 6.27. The van der Waals surface area contributed by atoms with Crippen molar-refractivity contribution in [1.29, 1.82) is 0 Å². The number of carbonyl (C=O) groups is 1. The van der Waals surface area contributed by atoms with Gasteiger partial charge in [0.05, 0.1) is 0 Å². The molecule has 0 spiro atoms. The van der Waals surface area contributed by atoms with Gasteiger partial charge < -0.3 is 9.92 Å². The average molecular weight is 169 g/mol. The summed E-state index contributed by atoms with van der Waals surface area (Å²) in [5.41, 5.74) is 5.11. The Balaban J connectivity index is 3.58. The molecule has 0 aromatic heterocycles. The molecule has 0 aliphatic heterocycles. The summed E-state index contributed by atoms with van der Waals surface area (Å²) in [6.07, 6.45) is 0. The third kappa shape index (κ3) is 3.50. The number of carbonyl (C=O) groups excluding carboxylic acids is 1. The standard InChI is InChI=1S/C3H7NO3S2/c4-2(1-8)3(5)7-9-6/h2,8-9H,1,4H2/t2-/m0/s1. The molecule has 0 heterocycles. The Morgan fingerprint density at radius 2 is 2.44 bits per heavy atom. The molecule has 0 saturated heterocycles. The van der Waals surface area contributed by atoms with Gasteiger partial charge in [-0.2, -0.15) is 12.6 Å². The molecule has 0 rings (SSSR count). The van der Waals surface area contributed by atoms with Crippen molar-refractivity contribution in [2.45, 2.75) is 6.04 Å². The van der Waals surface area contributed by atoms with Gasteiger partial charge in [0.2, 0.25) is 0 Å². The second-order valence-electron chi connectivity index (χ2n) is 1.27. The highest BCUT2D eigenvalue weighted by molar-refractivity contribution is 7.80. The minimum atomic E-state index is -0.783. The highest BCUT2D eigenvalue weighted by atomic mass is 32.2. The lowest BCUT2D eigenvalue weighted by atomic mass is 10.4. The molecule has 0 fully saturated rings. The van der Waals surface area contributed by atoms with Gasteiger partial charge in [0.1, 0.15) is 6.04 Å². The van der Waals surface area contributed by atoms with Gasteiger partial charge in [0.15, 0.2) is 11.9 Å². The number of hydrogen-bond acceptors (Lipinski definition) is 5. The summed E-state index contributed by atoms with van der Waals surface area (Å²) in [5.74, 6) is -0.518. The summed E-state index contributed by atoms with van der Waals surface area (Å²) in [6.45, 7) is 0. The first-order valence-electron chi connectivity index (χ1n) is 2.12. The van der Waals surface area contributed by atoms with E-state index in [-0.39, 0.29) is 5.75 Å². The van der Waals surface area contributed by atoms with E-state index in [1.165, 1.54) is 0 Å². The summed E-state index contributed by atoms with van der Waals surface area (Å²) >= 11 is 3.05. The van der Waals surface area contributed by atoms with E-state index in [0.717, 1.165) is 0 Å².